The lowest BCUT2D eigenvalue weighted by Crippen LogP contribution is -2.46. The fraction of sp³-hybridized carbons (Fsp3) is 0.857. The fourth-order valence-corrected chi connectivity index (χ4v) is 2.52. The van der Waals surface area contributed by atoms with Crippen molar-refractivity contribution in [3.63, 3.8) is 0 Å². The Balaban J connectivity index is 2.56. The number of ether oxygens (including phenoxy) is 2. The second-order valence-corrected chi connectivity index (χ2v) is 6.49. The maximum absolute atomic E-state index is 11.8. The predicted octanol–water partition coefficient (Wildman–Crippen LogP) is 2.63. The van der Waals surface area contributed by atoms with Gasteiger partial charge in [-0.3, -0.25) is 4.79 Å². The second kappa shape index (κ2) is 5.80. The molecular weight excluding hydrogens is 246 g/mol. The summed E-state index contributed by atoms with van der Waals surface area (Å²) in [4.78, 5) is 23.5. The number of carbonyl (C=O) groups is 2. The van der Waals surface area contributed by atoms with Gasteiger partial charge in [-0.2, -0.15) is 0 Å². The first-order valence-electron chi connectivity index (χ1n) is 6.74. The molecule has 5 nitrogen and oxygen atoms in total. The van der Waals surface area contributed by atoms with Gasteiger partial charge >= 0.3 is 12.1 Å². The molecule has 0 spiro atoms. The lowest BCUT2D eigenvalue weighted by atomic mass is 9.73. The smallest absolute Gasteiger partial charge is 0.407 e. The van der Waals surface area contributed by atoms with Crippen molar-refractivity contribution in [2.45, 2.75) is 65.0 Å². The van der Waals surface area contributed by atoms with Crippen LogP contribution in [0.2, 0.25) is 0 Å². The van der Waals surface area contributed by atoms with E-state index in [1.165, 1.54) is 7.11 Å². The monoisotopic (exact) mass is 271 g/mol. The quantitative estimate of drug-likeness (QED) is 0.784. The van der Waals surface area contributed by atoms with Crippen LogP contribution in [0.1, 0.15) is 53.4 Å². The Morgan fingerprint density at radius 1 is 1.32 bits per heavy atom. The number of hydrogen-bond donors (Lipinski definition) is 1. The maximum Gasteiger partial charge on any atom is 0.407 e. The minimum absolute atomic E-state index is 0.0345. The zero-order chi connectivity index (χ0) is 14.7. The lowest BCUT2D eigenvalue weighted by Gasteiger charge is -2.36. The molecule has 5 heteroatoms. The largest absolute Gasteiger partial charge is 0.469 e. The summed E-state index contributed by atoms with van der Waals surface area (Å²) in [7, 11) is 1.40. The summed E-state index contributed by atoms with van der Waals surface area (Å²) in [5, 5.41) is 2.84. The molecule has 0 aromatic carbocycles. The summed E-state index contributed by atoms with van der Waals surface area (Å²) in [6, 6.07) is -0.0345. The Kier molecular flexibility index (Phi) is 4.82. The number of rotatable bonds is 2. The van der Waals surface area contributed by atoms with Crippen LogP contribution < -0.4 is 5.32 Å². The van der Waals surface area contributed by atoms with Crippen LogP contribution in [0.15, 0.2) is 0 Å². The number of carbonyl (C=O) groups excluding carboxylic acids is 2. The Morgan fingerprint density at radius 2 is 1.95 bits per heavy atom. The molecule has 0 radical (unpaired) electrons. The molecular formula is C14H25NO4. The third-order valence-corrected chi connectivity index (χ3v) is 3.38. The first-order chi connectivity index (χ1) is 8.66. The van der Waals surface area contributed by atoms with E-state index in [1.54, 1.807) is 0 Å². The molecule has 1 aliphatic carbocycles. The molecule has 1 amide bonds. The third kappa shape index (κ3) is 4.73. The summed E-state index contributed by atoms with van der Waals surface area (Å²) in [5.74, 6) is -0.205. The zero-order valence-corrected chi connectivity index (χ0v) is 12.5. The zero-order valence-electron chi connectivity index (χ0n) is 12.5. The van der Waals surface area contributed by atoms with E-state index in [0.29, 0.717) is 6.42 Å². The van der Waals surface area contributed by atoms with E-state index < -0.39 is 17.1 Å². The number of nitrogens with one attached hydrogen (secondary N) is 1. The number of amides is 1. The van der Waals surface area contributed by atoms with E-state index in [4.69, 9.17) is 9.47 Å². The van der Waals surface area contributed by atoms with Crippen molar-refractivity contribution >= 4 is 12.1 Å². The van der Waals surface area contributed by atoms with Crippen LogP contribution in [0.3, 0.4) is 0 Å². The highest BCUT2D eigenvalue weighted by atomic mass is 16.6. The molecule has 2 atom stereocenters. The van der Waals surface area contributed by atoms with Crippen LogP contribution in [0, 0.1) is 5.41 Å². The highest BCUT2D eigenvalue weighted by molar-refractivity contribution is 5.76. The average Bonchev–Trinajstić information content (AvgIpc) is 2.25. The maximum atomic E-state index is 11.8. The van der Waals surface area contributed by atoms with E-state index in [2.05, 4.69) is 5.32 Å². The number of methoxy groups -OCH3 is 1. The van der Waals surface area contributed by atoms with Crippen molar-refractivity contribution in [1.82, 2.24) is 5.32 Å². The molecule has 0 unspecified atom stereocenters. The van der Waals surface area contributed by atoms with Crippen LogP contribution in [0.4, 0.5) is 4.79 Å². The van der Waals surface area contributed by atoms with Gasteiger partial charge in [0.05, 0.1) is 12.5 Å². The second-order valence-electron chi connectivity index (χ2n) is 6.49. The van der Waals surface area contributed by atoms with Crippen molar-refractivity contribution < 1.29 is 19.1 Å². The standard InChI is InChI=1S/C14H25NO4/c1-13(2,3)19-12(17)15-10-7-6-8-14(4,9-10)11(16)18-5/h10H,6-9H2,1-5H3,(H,15,17)/t10-,14+/m0/s1. The minimum atomic E-state index is -0.510. The van der Waals surface area contributed by atoms with Crippen molar-refractivity contribution in [1.29, 1.82) is 0 Å². The Bertz CT molecular complexity index is 348. The first kappa shape index (κ1) is 15.8. The van der Waals surface area contributed by atoms with Crippen LogP contribution in [0.5, 0.6) is 0 Å². The molecule has 1 rings (SSSR count). The van der Waals surface area contributed by atoms with Crippen LogP contribution in [-0.4, -0.2) is 30.8 Å². The first-order valence-corrected chi connectivity index (χ1v) is 6.74. The van der Waals surface area contributed by atoms with Crippen molar-refractivity contribution in [2.24, 2.45) is 5.41 Å². The van der Waals surface area contributed by atoms with Gasteiger partial charge in [-0.25, -0.2) is 4.79 Å². The third-order valence-electron chi connectivity index (χ3n) is 3.38. The van der Waals surface area contributed by atoms with Crippen LogP contribution in [0.25, 0.3) is 0 Å². The van der Waals surface area contributed by atoms with Crippen molar-refractivity contribution in [3.05, 3.63) is 0 Å². The summed E-state index contributed by atoms with van der Waals surface area (Å²) in [6.45, 7) is 7.37. The summed E-state index contributed by atoms with van der Waals surface area (Å²) in [5.41, 5.74) is -1.02. The van der Waals surface area contributed by atoms with Crippen molar-refractivity contribution in [3.8, 4) is 0 Å². The van der Waals surface area contributed by atoms with Gasteiger partial charge in [-0.1, -0.05) is 6.42 Å². The van der Waals surface area contributed by atoms with Gasteiger partial charge in [0.25, 0.3) is 0 Å². The molecule has 0 saturated heterocycles. The van der Waals surface area contributed by atoms with Gasteiger partial charge in [0.2, 0.25) is 0 Å². The van der Waals surface area contributed by atoms with E-state index in [1.807, 2.05) is 27.7 Å². The summed E-state index contributed by atoms with van der Waals surface area (Å²) in [6.07, 6.45) is 2.73. The van der Waals surface area contributed by atoms with Gasteiger partial charge in [0.15, 0.2) is 0 Å². The SMILES string of the molecule is COC(=O)[C@]1(C)CCC[C@H](NC(=O)OC(C)(C)C)C1. The molecule has 0 aromatic heterocycles. The molecule has 110 valence electrons. The van der Waals surface area contributed by atoms with Gasteiger partial charge in [-0.05, 0) is 47.0 Å². The number of alkyl carbamates (subject to hydrolysis) is 1. The van der Waals surface area contributed by atoms with Crippen molar-refractivity contribution in [2.75, 3.05) is 7.11 Å². The molecule has 19 heavy (non-hydrogen) atoms. The highest BCUT2D eigenvalue weighted by Crippen LogP contribution is 2.37. The Labute approximate surface area is 115 Å². The predicted molar refractivity (Wildman–Crippen MR) is 71.7 cm³/mol. The molecule has 0 aromatic rings. The molecule has 1 N–H and O–H groups in total. The van der Waals surface area contributed by atoms with Gasteiger partial charge < -0.3 is 14.8 Å². The molecule has 0 heterocycles. The topological polar surface area (TPSA) is 64.6 Å². The number of hydrogen-bond acceptors (Lipinski definition) is 4. The normalized spacial score (nSPS) is 27.5. The molecule has 1 fully saturated rings. The van der Waals surface area contributed by atoms with Gasteiger partial charge in [0, 0.05) is 6.04 Å². The lowest BCUT2D eigenvalue weighted by molar-refractivity contribution is -0.154. The summed E-state index contributed by atoms with van der Waals surface area (Å²) < 4.78 is 10.1. The summed E-state index contributed by atoms with van der Waals surface area (Å²) >= 11 is 0. The highest BCUT2D eigenvalue weighted by Gasteiger charge is 2.40. The van der Waals surface area contributed by atoms with E-state index in [-0.39, 0.29) is 12.0 Å². The molecule has 0 aliphatic heterocycles. The molecule has 0 bridgehead atoms. The Hall–Kier alpha value is -1.26. The Morgan fingerprint density at radius 3 is 2.47 bits per heavy atom. The van der Waals surface area contributed by atoms with E-state index in [9.17, 15) is 9.59 Å². The van der Waals surface area contributed by atoms with E-state index >= 15 is 0 Å². The molecule has 1 aliphatic rings. The van der Waals surface area contributed by atoms with Crippen LogP contribution in [-0.2, 0) is 14.3 Å². The fourth-order valence-electron chi connectivity index (χ4n) is 2.52. The number of esters is 1. The van der Waals surface area contributed by atoms with E-state index in [0.717, 1.165) is 19.3 Å². The average molecular weight is 271 g/mol. The minimum Gasteiger partial charge on any atom is -0.469 e. The van der Waals surface area contributed by atoms with Gasteiger partial charge in [-0.15, -0.1) is 0 Å². The van der Waals surface area contributed by atoms with Gasteiger partial charge in [0.1, 0.15) is 5.60 Å². The molecule has 1 saturated carbocycles. The van der Waals surface area contributed by atoms with Crippen LogP contribution >= 0.6 is 0 Å².